The highest BCUT2D eigenvalue weighted by Gasteiger charge is 2.29. The lowest BCUT2D eigenvalue weighted by Crippen LogP contribution is -2.09. The summed E-state index contributed by atoms with van der Waals surface area (Å²) in [5.41, 5.74) is 5.52. The third-order valence-corrected chi connectivity index (χ3v) is 4.60. The molecule has 0 bridgehead atoms. The van der Waals surface area contributed by atoms with E-state index in [1.165, 1.54) is 12.7 Å². The number of rotatable bonds is 2. The average molecular weight is 339 g/mol. The molecule has 120 valence electrons. The summed E-state index contributed by atoms with van der Waals surface area (Å²) in [6.45, 7) is 0. The molecule has 0 amide bonds. The zero-order chi connectivity index (χ0) is 16.7. The Labute approximate surface area is 144 Å². The minimum absolute atomic E-state index is 0.386. The first-order chi connectivity index (χ1) is 11.7. The van der Waals surface area contributed by atoms with Crippen molar-refractivity contribution in [2.45, 2.75) is 12.8 Å². The molecule has 4 rings (SSSR count). The molecule has 3 aromatic rings. The van der Waals surface area contributed by atoms with Crippen LogP contribution in [0.2, 0.25) is 5.02 Å². The predicted octanol–water partition coefficient (Wildman–Crippen LogP) is 4.08. The maximum Gasteiger partial charge on any atom is 0.358 e. The topological polar surface area (TPSA) is 44.1 Å². The van der Waals surface area contributed by atoms with E-state index >= 15 is 0 Å². The van der Waals surface area contributed by atoms with E-state index in [2.05, 4.69) is 17.2 Å². The molecular weight excluding hydrogens is 324 g/mol. The van der Waals surface area contributed by atoms with Gasteiger partial charge in [-0.15, -0.1) is 0 Å². The van der Waals surface area contributed by atoms with Crippen LogP contribution in [0.3, 0.4) is 0 Å². The van der Waals surface area contributed by atoms with Crippen LogP contribution in [0.25, 0.3) is 16.9 Å². The smallest absolute Gasteiger partial charge is 0.358 e. The quantitative estimate of drug-likeness (QED) is 0.661. The molecule has 0 radical (unpaired) electrons. The average Bonchev–Trinajstić information content (AvgIpc) is 3.02. The normalized spacial score (nSPS) is 12.4. The van der Waals surface area contributed by atoms with E-state index in [9.17, 15) is 4.79 Å². The Hall–Kier alpha value is -2.59. The Bertz CT molecular complexity index is 929. The van der Waals surface area contributed by atoms with Crippen LogP contribution in [-0.4, -0.2) is 22.9 Å². The number of esters is 1. The molecule has 0 spiro atoms. The molecule has 0 N–H and O–H groups in total. The van der Waals surface area contributed by atoms with Gasteiger partial charge < -0.3 is 4.74 Å². The second-order valence-corrected chi connectivity index (χ2v) is 6.15. The fourth-order valence-corrected chi connectivity index (χ4v) is 3.35. The monoisotopic (exact) mass is 338 g/mol. The van der Waals surface area contributed by atoms with Gasteiger partial charge in [-0.1, -0.05) is 35.9 Å². The maximum atomic E-state index is 12.2. The number of ether oxygens (including phenoxy) is 1. The van der Waals surface area contributed by atoms with E-state index in [-0.39, 0.29) is 0 Å². The Morgan fingerprint density at radius 3 is 2.62 bits per heavy atom. The molecule has 4 nitrogen and oxygen atoms in total. The number of aromatic nitrogens is 2. The van der Waals surface area contributed by atoms with Gasteiger partial charge in [0.1, 0.15) is 0 Å². The number of halogens is 1. The van der Waals surface area contributed by atoms with Crippen molar-refractivity contribution in [1.82, 2.24) is 9.78 Å². The number of carbonyl (C=O) groups is 1. The van der Waals surface area contributed by atoms with Crippen molar-refractivity contribution in [1.29, 1.82) is 0 Å². The van der Waals surface area contributed by atoms with Gasteiger partial charge in [0.05, 0.1) is 18.5 Å². The Morgan fingerprint density at radius 1 is 1.12 bits per heavy atom. The number of hydrogen-bond acceptors (Lipinski definition) is 3. The highest BCUT2D eigenvalue weighted by molar-refractivity contribution is 6.30. The van der Waals surface area contributed by atoms with Crippen LogP contribution < -0.4 is 0 Å². The second-order valence-electron chi connectivity index (χ2n) is 5.71. The summed E-state index contributed by atoms with van der Waals surface area (Å²) in [4.78, 5) is 12.2. The van der Waals surface area contributed by atoms with Crippen molar-refractivity contribution in [3.63, 3.8) is 0 Å². The Kier molecular flexibility index (Phi) is 3.62. The third kappa shape index (κ3) is 2.31. The first-order valence-electron chi connectivity index (χ1n) is 7.73. The van der Waals surface area contributed by atoms with Crippen LogP contribution in [0.4, 0.5) is 0 Å². The van der Waals surface area contributed by atoms with E-state index in [4.69, 9.17) is 16.3 Å². The lowest BCUT2D eigenvalue weighted by molar-refractivity contribution is 0.0592. The summed E-state index contributed by atoms with van der Waals surface area (Å²) >= 11 is 6.00. The van der Waals surface area contributed by atoms with Crippen molar-refractivity contribution in [2.75, 3.05) is 7.11 Å². The summed E-state index contributed by atoms with van der Waals surface area (Å²) in [6, 6.07) is 15.7. The SMILES string of the molecule is COC(=O)c1nn(-c2ccc(Cl)cc2)c2c1CCc1ccccc1-2. The number of methoxy groups -OCH3 is 1. The Morgan fingerprint density at radius 2 is 1.88 bits per heavy atom. The summed E-state index contributed by atoms with van der Waals surface area (Å²) < 4.78 is 6.74. The molecule has 1 heterocycles. The fraction of sp³-hybridized carbons (Fsp3) is 0.158. The summed E-state index contributed by atoms with van der Waals surface area (Å²) in [5.74, 6) is -0.404. The molecular formula is C19H15ClN2O2. The molecule has 0 saturated carbocycles. The highest BCUT2D eigenvalue weighted by Crippen LogP contribution is 2.37. The van der Waals surface area contributed by atoms with Crippen LogP contribution in [0.1, 0.15) is 21.6 Å². The van der Waals surface area contributed by atoms with Crippen molar-refractivity contribution in [3.05, 3.63) is 70.4 Å². The van der Waals surface area contributed by atoms with Gasteiger partial charge in [-0.05, 0) is 42.7 Å². The molecule has 0 saturated heterocycles. The minimum atomic E-state index is -0.404. The molecule has 1 aliphatic rings. The van der Waals surface area contributed by atoms with Crippen LogP contribution in [0.5, 0.6) is 0 Å². The van der Waals surface area contributed by atoms with Gasteiger partial charge in [0.25, 0.3) is 0 Å². The lowest BCUT2D eigenvalue weighted by Gasteiger charge is -2.18. The zero-order valence-electron chi connectivity index (χ0n) is 13.1. The number of hydrogen-bond donors (Lipinski definition) is 0. The number of fused-ring (bicyclic) bond motifs is 3. The molecule has 0 unspecified atom stereocenters. The molecule has 0 fully saturated rings. The fourth-order valence-electron chi connectivity index (χ4n) is 3.22. The van der Waals surface area contributed by atoms with Gasteiger partial charge in [-0.25, -0.2) is 9.48 Å². The van der Waals surface area contributed by atoms with Crippen LogP contribution in [0, 0.1) is 0 Å². The van der Waals surface area contributed by atoms with Gasteiger partial charge >= 0.3 is 5.97 Å². The zero-order valence-corrected chi connectivity index (χ0v) is 13.9. The largest absolute Gasteiger partial charge is 0.464 e. The number of aryl methyl sites for hydroxylation is 1. The molecule has 0 atom stereocenters. The van der Waals surface area contributed by atoms with Crippen molar-refractivity contribution >= 4 is 17.6 Å². The van der Waals surface area contributed by atoms with Crippen LogP contribution in [0.15, 0.2) is 48.5 Å². The van der Waals surface area contributed by atoms with Gasteiger partial charge in [0.2, 0.25) is 0 Å². The van der Waals surface area contributed by atoms with Crippen LogP contribution >= 0.6 is 11.6 Å². The molecule has 1 aromatic heterocycles. The number of carbonyl (C=O) groups excluding carboxylic acids is 1. The summed E-state index contributed by atoms with van der Waals surface area (Å²) in [6.07, 6.45) is 1.66. The standard InChI is InChI=1S/C19H15ClN2O2/c1-24-19(23)17-16-11-6-12-4-2-3-5-15(12)18(16)22(21-17)14-9-7-13(20)8-10-14/h2-5,7-10H,6,11H2,1H3. The first kappa shape index (κ1) is 15.0. The predicted molar refractivity (Wildman–Crippen MR) is 92.8 cm³/mol. The van der Waals surface area contributed by atoms with E-state index < -0.39 is 5.97 Å². The third-order valence-electron chi connectivity index (χ3n) is 4.35. The van der Waals surface area contributed by atoms with Crippen molar-refractivity contribution in [3.8, 4) is 16.9 Å². The second kappa shape index (κ2) is 5.80. The molecule has 1 aliphatic carbocycles. The number of nitrogens with zero attached hydrogens (tertiary/aromatic N) is 2. The summed E-state index contributed by atoms with van der Waals surface area (Å²) in [5, 5.41) is 5.22. The van der Waals surface area contributed by atoms with E-state index in [1.54, 1.807) is 0 Å². The van der Waals surface area contributed by atoms with Gasteiger partial charge in [0.15, 0.2) is 5.69 Å². The highest BCUT2D eigenvalue weighted by atomic mass is 35.5. The van der Waals surface area contributed by atoms with Crippen LogP contribution in [-0.2, 0) is 17.6 Å². The number of benzene rings is 2. The van der Waals surface area contributed by atoms with Gasteiger partial charge in [-0.3, -0.25) is 0 Å². The van der Waals surface area contributed by atoms with E-state index in [1.807, 2.05) is 41.1 Å². The minimum Gasteiger partial charge on any atom is -0.464 e. The van der Waals surface area contributed by atoms with E-state index in [0.29, 0.717) is 10.7 Å². The molecule has 0 aliphatic heterocycles. The van der Waals surface area contributed by atoms with Gasteiger partial charge in [0, 0.05) is 16.1 Å². The Balaban J connectivity index is 2.00. The van der Waals surface area contributed by atoms with Crippen molar-refractivity contribution < 1.29 is 9.53 Å². The molecule has 24 heavy (non-hydrogen) atoms. The van der Waals surface area contributed by atoms with E-state index in [0.717, 1.165) is 35.3 Å². The van der Waals surface area contributed by atoms with Gasteiger partial charge in [-0.2, -0.15) is 5.10 Å². The maximum absolute atomic E-state index is 12.2. The molecule has 5 heteroatoms. The lowest BCUT2D eigenvalue weighted by atomic mass is 9.89. The summed E-state index contributed by atoms with van der Waals surface area (Å²) in [7, 11) is 1.38. The first-order valence-corrected chi connectivity index (χ1v) is 8.11. The van der Waals surface area contributed by atoms with Crippen molar-refractivity contribution in [2.24, 2.45) is 0 Å². The molecule has 2 aromatic carbocycles.